The minimum atomic E-state index is -0.326. The van der Waals surface area contributed by atoms with Gasteiger partial charge in [-0.05, 0) is 19.3 Å². The number of hydrogen-bond acceptors (Lipinski definition) is 4. The molecule has 0 fully saturated rings. The van der Waals surface area contributed by atoms with Crippen molar-refractivity contribution < 1.29 is 9.90 Å². The summed E-state index contributed by atoms with van der Waals surface area (Å²) in [5, 5.41) is 12.1. The maximum atomic E-state index is 11.7. The summed E-state index contributed by atoms with van der Waals surface area (Å²) in [5.41, 5.74) is 2.53. The average molecular weight is 242 g/mol. The number of rotatable bonds is 6. The molecule has 0 saturated heterocycles. The van der Waals surface area contributed by atoms with Crippen molar-refractivity contribution in [3.05, 3.63) is 16.1 Å². The first-order valence-corrected chi connectivity index (χ1v) is 6.45. The lowest BCUT2D eigenvalue weighted by Gasteiger charge is -2.08. The number of aliphatic hydroxyl groups is 1. The predicted octanol–water partition coefficient (Wildman–Crippen LogP) is 1.60. The molecule has 4 nitrogen and oxygen atoms in total. The van der Waals surface area contributed by atoms with E-state index in [4.69, 9.17) is 0 Å². The molecular formula is C11H18N2O2S. The summed E-state index contributed by atoms with van der Waals surface area (Å²) < 4.78 is 0. The fraction of sp³-hybridized carbons (Fsp3) is 0.636. The van der Waals surface area contributed by atoms with Crippen molar-refractivity contribution in [2.75, 3.05) is 6.54 Å². The molecule has 1 aromatic heterocycles. The molecule has 0 aliphatic rings. The third kappa shape index (κ3) is 3.57. The molecule has 5 heteroatoms. The summed E-state index contributed by atoms with van der Waals surface area (Å²) in [6, 6.07) is 0. The van der Waals surface area contributed by atoms with E-state index in [-0.39, 0.29) is 12.0 Å². The van der Waals surface area contributed by atoms with Gasteiger partial charge in [0.05, 0.1) is 17.3 Å². The quantitative estimate of drug-likeness (QED) is 0.796. The maximum Gasteiger partial charge on any atom is 0.263 e. The maximum absolute atomic E-state index is 11.7. The second kappa shape index (κ2) is 6.60. The molecular weight excluding hydrogens is 224 g/mol. The van der Waals surface area contributed by atoms with Crippen molar-refractivity contribution in [3.8, 4) is 0 Å². The Kier molecular flexibility index (Phi) is 5.42. The summed E-state index contributed by atoms with van der Waals surface area (Å²) in [7, 11) is 0. The van der Waals surface area contributed by atoms with E-state index in [0.29, 0.717) is 17.8 Å². The highest BCUT2D eigenvalue weighted by Crippen LogP contribution is 2.13. The molecule has 1 unspecified atom stereocenters. The second-order valence-electron chi connectivity index (χ2n) is 3.59. The van der Waals surface area contributed by atoms with Gasteiger partial charge in [0, 0.05) is 6.54 Å². The molecule has 1 atom stereocenters. The number of hydrogen-bond donors (Lipinski definition) is 2. The third-order valence-electron chi connectivity index (χ3n) is 2.42. The summed E-state index contributed by atoms with van der Waals surface area (Å²) >= 11 is 1.36. The van der Waals surface area contributed by atoms with Gasteiger partial charge in [0.1, 0.15) is 4.88 Å². The van der Waals surface area contributed by atoms with Crippen molar-refractivity contribution in [1.29, 1.82) is 0 Å². The van der Waals surface area contributed by atoms with Gasteiger partial charge in [-0.15, -0.1) is 11.3 Å². The van der Waals surface area contributed by atoms with Crippen LogP contribution in [0.15, 0.2) is 5.51 Å². The zero-order valence-electron chi connectivity index (χ0n) is 9.69. The highest BCUT2D eigenvalue weighted by atomic mass is 32.1. The van der Waals surface area contributed by atoms with Crippen LogP contribution in [0.3, 0.4) is 0 Å². The summed E-state index contributed by atoms with van der Waals surface area (Å²) in [4.78, 5) is 16.5. The highest BCUT2D eigenvalue weighted by molar-refractivity contribution is 7.11. The molecule has 0 saturated carbocycles. The van der Waals surface area contributed by atoms with Gasteiger partial charge in [-0.2, -0.15) is 0 Å². The van der Waals surface area contributed by atoms with Gasteiger partial charge in [-0.1, -0.05) is 13.8 Å². The largest absolute Gasteiger partial charge is 0.393 e. The number of carbonyl (C=O) groups excluding carboxylic acids is 1. The molecule has 1 heterocycles. The molecule has 0 spiro atoms. The Bertz CT molecular complexity index is 338. The molecule has 0 aliphatic carbocycles. The minimum Gasteiger partial charge on any atom is -0.393 e. The first-order valence-electron chi connectivity index (χ1n) is 5.57. The van der Waals surface area contributed by atoms with Gasteiger partial charge in [0.25, 0.3) is 5.91 Å². The van der Waals surface area contributed by atoms with Crippen LogP contribution in [0.5, 0.6) is 0 Å². The normalized spacial score (nSPS) is 12.4. The SMILES string of the molecule is CCc1ncsc1C(=O)NCCC(O)CC. The Morgan fingerprint density at radius 2 is 2.38 bits per heavy atom. The Balaban J connectivity index is 2.41. The van der Waals surface area contributed by atoms with Crippen LogP contribution >= 0.6 is 11.3 Å². The van der Waals surface area contributed by atoms with E-state index >= 15 is 0 Å². The van der Waals surface area contributed by atoms with Crippen LogP contribution in [0.25, 0.3) is 0 Å². The van der Waals surface area contributed by atoms with Crippen molar-refractivity contribution in [1.82, 2.24) is 10.3 Å². The van der Waals surface area contributed by atoms with Gasteiger partial charge in [0.2, 0.25) is 0 Å². The molecule has 0 aliphatic heterocycles. The van der Waals surface area contributed by atoms with E-state index in [9.17, 15) is 9.90 Å². The molecule has 1 rings (SSSR count). The van der Waals surface area contributed by atoms with Crippen molar-refractivity contribution in [2.45, 2.75) is 39.2 Å². The van der Waals surface area contributed by atoms with Crippen LogP contribution in [0, 0.1) is 0 Å². The monoisotopic (exact) mass is 242 g/mol. The van der Waals surface area contributed by atoms with E-state index in [1.165, 1.54) is 11.3 Å². The van der Waals surface area contributed by atoms with Gasteiger partial charge in [-0.25, -0.2) is 4.98 Å². The van der Waals surface area contributed by atoms with E-state index < -0.39 is 0 Å². The number of aliphatic hydroxyl groups excluding tert-OH is 1. The molecule has 90 valence electrons. The molecule has 1 amide bonds. The van der Waals surface area contributed by atoms with Crippen LogP contribution in [0.2, 0.25) is 0 Å². The molecule has 0 aromatic carbocycles. The molecule has 0 radical (unpaired) electrons. The number of nitrogens with zero attached hydrogens (tertiary/aromatic N) is 1. The summed E-state index contributed by atoms with van der Waals surface area (Å²) in [6.45, 7) is 4.41. The third-order valence-corrected chi connectivity index (χ3v) is 3.28. The van der Waals surface area contributed by atoms with Crippen LogP contribution < -0.4 is 5.32 Å². The summed E-state index contributed by atoms with van der Waals surface area (Å²) in [5.74, 6) is -0.0809. The van der Waals surface area contributed by atoms with Crippen LogP contribution in [0.1, 0.15) is 42.1 Å². The van der Waals surface area contributed by atoms with Crippen molar-refractivity contribution >= 4 is 17.2 Å². The first-order chi connectivity index (χ1) is 7.69. The number of thiazole rings is 1. The number of nitrogens with one attached hydrogen (secondary N) is 1. The highest BCUT2D eigenvalue weighted by Gasteiger charge is 2.12. The Morgan fingerprint density at radius 3 is 3.00 bits per heavy atom. The molecule has 2 N–H and O–H groups in total. The first kappa shape index (κ1) is 13.1. The minimum absolute atomic E-state index is 0.0809. The second-order valence-corrected chi connectivity index (χ2v) is 4.44. The Hall–Kier alpha value is -0.940. The van der Waals surface area contributed by atoms with E-state index in [1.54, 1.807) is 5.51 Å². The van der Waals surface area contributed by atoms with E-state index in [2.05, 4.69) is 10.3 Å². The molecule has 0 bridgehead atoms. The number of aryl methyl sites for hydroxylation is 1. The van der Waals surface area contributed by atoms with Crippen molar-refractivity contribution in [2.24, 2.45) is 0 Å². The molecule has 16 heavy (non-hydrogen) atoms. The zero-order chi connectivity index (χ0) is 12.0. The van der Waals surface area contributed by atoms with Gasteiger partial charge >= 0.3 is 0 Å². The lowest BCUT2D eigenvalue weighted by Crippen LogP contribution is -2.27. The van der Waals surface area contributed by atoms with Gasteiger partial charge < -0.3 is 10.4 Å². The average Bonchev–Trinajstić information content (AvgIpc) is 2.76. The topological polar surface area (TPSA) is 62.2 Å². The Labute approximate surface area is 99.7 Å². The number of aromatic nitrogens is 1. The summed E-state index contributed by atoms with van der Waals surface area (Å²) in [6.07, 6.45) is 1.76. The predicted molar refractivity (Wildman–Crippen MR) is 64.7 cm³/mol. The number of amides is 1. The van der Waals surface area contributed by atoms with E-state index in [1.807, 2.05) is 13.8 Å². The van der Waals surface area contributed by atoms with Gasteiger partial charge in [-0.3, -0.25) is 4.79 Å². The van der Waals surface area contributed by atoms with Crippen LogP contribution in [-0.2, 0) is 6.42 Å². The Morgan fingerprint density at radius 1 is 1.62 bits per heavy atom. The van der Waals surface area contributed by atoms with Crippen LogP contribution in [0.4, 0.5) is 0 Å². The van der Waals surface area contributed by atoms with E-state index in [0.717, 1.165) is 18.5 Å². The lowest BCUT2D eigenvalue weighted by atomic mass is 10.2. The zero-order valence-corrected chi connectivity index (χ0v) is 10.5. The lowest BCUT2D eigenvalue weighted by molar-refractivity contribution is 0.0945. The fourth-order valence-electron chi connectivity index (χ4n) is 1.34. The standard InChI is InChI=1S/C11H18N2O2S/c1-3-8(14)5-6-12-11(15)10-9(4-2)13-7-16-10/h7-8,14H,3-6H2,1-2H3,(H,12,15). The number of carbonyl (C=O) groups is 1. The smallest absolute Gasteiger partial charge is 0.263 e. The fourth-order valence-corrected chi connectivity index (χ4v) is 2.14. The van der Waals surface area contributed by atoms with Gasteiger partial charge in [0.15, 0.2) is 0 Å². The molecule has 1 aromatic rings. The van der Waals surface area contributed by atoms with Crippen molar-refractivity contribution in [3.63, 3.8) is 0 Å². The van der Waals surface area contributed by atoms with Crippen LogP contribution in [-0.4, -0.2) is 28.6 Å².